The summed E-state index contributed by atoms with van der Waals surface area (Å²) < 4.78 is 57.3. The first-order valence-corrected chi connectivity index (χ1v) is 22.7. The number of imide groups is 2. The van der Waals surface area contributed by atoms with Crippen molar-refractivity contribution in [3.05, 3.63) is 111 Å². The van der Waals surface area contributed by atoms with Gasteiger partial charge in [0.05, 0.1) is 40.8 Å². The van der Waals surface area contributed by atoms with Gasteiger partial charge in [0.15, 0.2) is 5.82 Å². The maximum Gasteiger partial charge on any atom is 0.401 e. The van der Waals surface area contributed by atoms with E-state index in [1.54, 1.807) is 10.9 Å². The van der Waals surface area contributed by atoms with Crippen LogP contribution >= 0.6 is 11.6 Å². The van der Waals surface area contributed by atoms with E-state index >= 15 is 4.39 Å². The maximum atomic E-state index is 15.5. The number of aryl methyl sites for hydroxylation is 1. The number of aromatic amines is 1. The number of anilines is 1. The average molecular weight is 958 g/mol. The molecule has 5 aromatic rings. The highest BCUT2D eigenvalue weighted by Gasteiger charge is 2.51. The predicted octanol–water partition coefficient (Wildman–Crippen LogP) is 5.72. The van der Waals surface area contributed by atoms with Crippen molar-refractivity contribution in [2.24, 2.45) is 0 Å². The van der Waals surface area contributed by atoms with Crippen molar-refractivity contribution in [3.8, 4) is 16.8 Å². The Morgan fingerprint density at radius 2 is 1.57 bits per heavy atom. The molecule has 16 nitrogen and oxygen atoms in total. The molecule has 2 aromatic heterocycles. The number of rotatable bonds is 11. The predicted molar refractivity (Wildman–Crippen MR) is 241 cm³/mol. The van der Waals surface area contributed by atoms with Crippen LogP contribution in [0.25, 0.3) is 16.8 Å². The quantitative estimate of drug-likeness (QED) is 0.109. The van der Waals surface area contributed by atoms with Gasteiger partial charge in [0.1, 0.15) is 23.1 Å². The van der Waals surface area contributed by atoms with Gasteiger partial charge in [0.2, 0.25) is 11.8 Å². The molecule has 1 unspecified atom stereocenters. The Morgan fingerprint density at radius 1 is 0.882 bits per heavy atom. The van der Waals surface area contributed by atoms with E-state index in [0.717, 1.165) is 78.7 Å². The number of likely N-dealkylation sites (tertiary alicyclic amines) is 1. The van der Waals surface area contributed by atoms with Crippen LogP contribution in [0.3, 0.4) is 0 Å². The van der Waals surface area contributed by atoms with Gasteiger partial charge in [0, 0.05) is 56.4 Å². The van der Waals surface area contributed by atoms with Crippen LogP contribution in [0.4, 0.5) is 23.2 Å². The van der Waals surface area contributed by atoms with E-state index in [1.165, 1.54) is 12.3 Å². The van der Waals surface area contributed by atoms with E-state index in [1.807, 2.05) is 42.2 Å². The third-order valence-corrected chi connectivity index (χ3v) is 13.9. The highest BCUT2D eigenvalue weighted by Crippen LogP contribution is 2.39. The summed E-state index contributed by atoms with van der Waals surface area (Å²) in [4.78, 5) is 75.0. The van der Waals surface area contributed by atoms with Gasteiger partial charge >= 0.3 is 6.18 Å². The Kier molecular flexibility index (Phi) is 12.5. The van der Waals surface area contributed by atoms with Crippen LogP contribution in [0.15, 0.2) is 60.9 Å². The van der Waals surface area contributed by atoms with Crippen LogP contribution < -0.4 is 15.5 Å². The summed E-state index contributed by atoms with van der Waals surface area (Å²) in [7, 11) is 0. The zero-order valence-electron chi connectivity index (χ0n) is 37.4. The van der Waals surface area contributed by atoms with Crippen molar-refractivity contribution < 1.29 is 41.5 Å². The summed E-state index contributed by atoms with van der Waals surface area (Å²) in [6.07, 6.45) is 0.378. The minimum atomic E-state index is -4.54. The molecule has 5 amide bonds. The second-order valence-electron chi connectivity index (χ2n) is 18.2. The largest absolute Gasteiger partial charge is 0.401 e. The normalized spacial score (nSPS) is 18.9. The molecule has 356 valence electrons. The number of benzene rings is 3. The van der Waals surface area contributed by atoms with Gasteiger partial charge in [-0.05, 0) is 106 Å². The Bertz CT molecular complexity index is 2830. The molecule has 6 heterocycles. The third kappa shape index (κ3) is 8.99. The number of piperidine rings is 2. The van der Waals surface area contributed by atoms with Crippen molar-refractivity contribution in [1.29, 1.82) is 0 Å². The highest BCUT2D eigenvalue weighted by atomic mass is 35.5. The van der Waals surface area contributed by atoms with E-state index in [0.29, 0.717) is 43.8 Å². The smallest absolute Gasteiger partial charge is 0.367 e. The van der Waals surface area contributed by atoms with E-state index in [4.69, 9.17) is 11.6 Å². The number of hydrogen-bond donors (Lipinski definition) is 3. The molecule has 0 bridgehead atoms. The zero-order valence-corrected chi connectivity index (χ0v) is 38.2. The van der Waals surface area contributed by atoms with E-state index < -0.39 is 58.8 Å². The number of carbonyl (C=O) groups is 5. The first-order chi connectivity index (χ1) is 32.4. The van der Waals surface area contributed by atoms with Gasteiger partial charge in [-0.25, -0.2) is 14.1 Å². The Hall–Kier alpha value is -6.51. The molecule has 4 aliphatic rings. The number of halogens is 5. The van der Waals surface area contributed by atoms with Crippen molar-refractivity contribution in [2.45, 2.75) is 83.2 Å². The lowest BCUT2D eigenvalue weighted by molar-refractivity contribution is -0.182. The Balaban J connectivity index is 0.749. The monoisotopic (exact) mass is 957 g/mol. The lowest BCUT2D eigenvalue weighted by Crippen LogP contribution is -2.54. The van der Waals surface area contributed by atoms with Crippen LogP contribution in [-0.2, 0) is 28.1 Å². The summed E-state index contributed by atoms with van der Waals surface area (Å²) >= 11 is 6.89. The molecule has 68 heavy (non-hydrogen) atoms. The number of aromatic nitrogens is 5. The fraction of sp³-hybridized carbons (Fsp3) is 0.404. The van der Waals surface area contributed by atoms with Crippen LogP contribution in [-0.4, -0.2) is 127 Å². The first-order valence-electron chi connectivity index (χ1n) is 22.3. The second-order valence-corrected chi connectivity index (χ2v) is 18.6. The highest BCUT2D eigenvalue weighted by molar-refractivity contribution is 6.31. The Labute approximate surface area is 393 Å². The summed E-state index contributed by atoms with van der Waals surface area (Å²) in [5, 5.41) is 16.0. The van der Waals surface area contributed by atoms with Gasteiger partial charge in [-0.3, -0.25) is 49.1 Å². The SMILES string of the molecule is Cc1cc(-c2ccc(CN3CCC(N4CCN(c5cc6c(cc5F)C(=O)N(C5CCC(=O)NC5=O)C6=O)CC4)CC3)c(Cl)c2)ccc1-n1cc(C(=O)NCc2nc(C(C)(C)C(F)(F)F)n[nH]2)cn1. The first kappa shape index (κ1) is 46.6. The number of amides is 5. The molecular weight excluding hydrogens is 910 g/mol. The molecule has 3 fully saturated rings. The zero-order chi connectivity index (χ0) is 48.2. The van der Waals surface area contributed by atoms with Crippen LogP contribution in [0.1, 0.15) is 93.4 Å². The second kappa shape index (κ2) is 18.2. The van der Waals surface area contributed by atoms with Gasteiger partial charge in [-0.15, -0.1) is 0 Å². The minimum absolute atomic E-state index is 0.00184. The summed E-state index contributed by atoms with van der Waals surface area (Å²) in [6.45, 7) is 8.70. The molecule has 0 spiro atoms. The summed E-state index contributed by atoms with van der Waals surface area (Å²) in [6, 6.07) is 13.7. The lowest BCUT2D eigenvalue weighted by Gasteiger charge is -2.43. The van der Waals surface area contributed by atoms with Crippen LogP contribution in [0.5, 0.6) is 0 Å². The number of hydrogen-bond acceptors (Lipinski definition) is 11. The van der Waals surface area contributed by atoms with Crippen molar-refractivity contribution in [2.75, 3.05) is 44.2 Å². The molecule has 0 radical (unpaired) electrons. The van der Waals surface area contributed by atoms with E-state index in [2.05, 4.69) is 46.8 Å². The molecule has 1 atom stereocenters. The van der Waals surface area contributed by atoms with E-state index in [-0.39, 0.29) is 47.6 Å². The fourth-order valence-electron chi connectivity index (χ4n) is 9.30. The lowest BCUT2D eigenvalue weighted by atomic mass is 9.92. The van der Waals surface area contributed by atoms with Crippen molar-refractivity contribution in [1.82, 2.24) is 50.3 Å². The molecule has 3 aromatic carbocycles. The molecule has 3 saturated heterocycles. The Morgan fingerprint density at radius 3 is 2.25 bits per heavy atom. The fourth-order valence-corrected chi connectivity index (χ4v) is 9.54. The molecule has 9 rings (SSSR count). The average Bonchev–Trinajstić information content (AvgIpc) is 4.05. The molecular formula is C47H48ClF4N11O5. The number of nitrogens with one attached hydrogen (secondary N) is 3. The van der Waals surface area contributed by atoms with Gasteiger partial charge < -0.3 is 10.2 Å². The van der Waals surface area contributed by atoms with E-state index in [9.17, 15) is 37.1 Å². The number of alkyl halides is 3. The third-order valence-electron chi connectivity index (χ3n) is 13.5. The van der Waals surface area contributed by atoms with Gasteiger partial charge in [-0.2, -0.15) is 23.4 Å². The van der Waals surface area contributed by atoms with Crippen molar-refractivity contribution in [3.63, 3.8) is 0 Å². The van der Waals surface area contributed by atoms with Gasteiger partial charge in [0.25, 0.3) is 17.7 Å². The molecule has 4 aliphatic heterocycles. The number of piperazine rings is 1. The number of fused-ring (bicyclic) bond motifs is 1. The molecule has 21 heteroatoms. The minimum Gasteiger partial charge on any atom is -0.367 e. The summed E-state index contributed by atoms with van der Waals surface area (Å²) in [5.74, 6) is -3.99. The summed E-state index contributed by atoms with van der Waals surface area (Å²) in [5.41, 5.74) is 2.77. The molecule has 0 aliphatic carbocycles. The topological polar surface area (TPSA) is 182 Å². The number of H-pyrrole nitrogens is 1. The standard InChI is InChI=1S/C47H48ClF4N11O5/c1-26-18-27(6-7-36(26)62-25-30(22-54-62)41(65)53-23-39-55-45(58-57-39)46(2,3)47(50,51)52)28-4-5-29(34(48)19-28)24-59-12-10-31(11-13-59)60-14-16-61(17-15-60)38-21-33-32(20-35(38)49)43(67)63(44(33)68)37-8-9-40(64)56-42(37)66/h4-7,18-22,25,31,37H,8-17,23-24H2,1-3H3,(H,53,65)(H,55,57,58)(H,56,64,66). The number of carbonyl (C=O) groups excluding carboxylic acids is 5. The number of nitrogens with zero attached hydrogens (tertiary/aromatic N) is 8. The molecule has 3 N–H and O–H groups in total. The maximum absolute atomic E-state index is 15.5. The van der Waals surface area contributed by atoms with Crippen LogP contribution in [0, 0.1) is 12.7 Å². The molecule has 0 saturated carbocycles. The van der Waals surface area contributed by atoms with Gasteiger partial charge in [-0.1, -0.05) is 29.8 Å². The van der Waals surface area contributed by atoms with Crippen molar-refractivity contribution >= 4 is 46.8 Å². The van der Waals surface area contributed by atoms with Crippen LogP contribution in [0.2, 0.25) is 5.02 Å².